The number of aryl methyl sites for hydroxylation is 3. The standard InChI is InChI=1S/C16H21N3O2/c1-5-11-8-12(6-2)19(18-11)13-7-10(3)15(17)14(9-13)16(20)21-4/h7-9H,5-6,17H2,1-4H3. The minimum absolute atomic E-state index is 0.378. The van der Waals surface area contributed by atoms with Gasteiger partial charge in [0.05, 0.1) is 24.1 Å². The van der Waals surface area contributed by atoms with E-state index in [-0.39, 0.29) is 0 Å². The van der Waals surface area contributed by atoms with Crippen molar-refractivity contribution >= 4 is 11.7 Å². The van der Waals surface area contributed by atoms with Crippen molar-refractivity contribution in [1.29, 1.82) is 0 Å². The van der Waals surface area contributed by atoms with Gasteiger partial charge in [0.2, 0.25) is 0 Å². The lowest BCUT2D eigenvalue weighted by Crippen LogP contribution is -2.10. The summed E-state index contributed by atoms with van der Waals surface area (Å²) < 4.78 is 6.67. The highest BCUT2D eigenvalue weighted by atomic mass is 16.5. The molecule has 0 aliphatic carbocycles. The summed E-state index contributed by atoms with van der Waals surface area (Å²) in [5.41, 5.74) is 10.6. The van der Waals surface area contributed by atoms with Crippen LogP contribution in [0.1, 0.15) is 41.2 Å². The molecule has 0 bridgehead atoms. The molecule has 5 nitrogen and oxygen atoms in total. The summed E-state index contributed by atoms with van der Waals surface area (Å²) in [4.78, 5) is 11.9. The Morgan fingerprint density at radius 3 is 2.57 bits per heavy atom. The van der Waals surface area contributed by atoms with Crippen molar-refractivity contribution in [3.8, 4) is 5.69 Å². The van der Waals surface area contributed by atoms with Crippen molar-refractivity contribution in [3.63, 3.8) is 0 Å². The van der Waals surface area contributed by atoms with Crippen LogP contribution in [0.5, 0.6) is 0 Å². The van der Waals surface area contributed by atoms with Crippen molar-refractivity contribution in [2.24, 2.45) is 0 Å². The molecule has 2 aromatic rings. The summed E-state index contributed by atoms with van der Waals surface area (Å²) in [6.07, 6.45) is 1.74. The number of rotatable bonds is 4. The van der Waals surface area contributed by atoms with Crippen LogP contribution in [-0.4, -0.2) is 22.9 Å². The number of nitrogens with zero attached hydrogens (tertiary/aromatic N) is 2. The minimum Gasteiger partial charge on any atom is -0.465 e. The first-order valence-corrected chi connectivity index (χ1v) is 7.08. The highest BCUT2D eigenvalue weighted by Crippen LogP contribution is 2.24. The first-order chi connectivity index (χ1) is 10.0. The van der Waals surface area contributed by atoms with E-state index < -0.39 is 5.97 Å². The third-order valence-corrected chi connectivity index (χ3v) is 3.58. The molecule has 2 rings (SSSR count). The van der Waals surface area contributed by atoms with Crippen LogP contribution in [0.4, 0.5) is 5.69 Å². The molecule has 0 unspecified atom stereocenters. The van der Waals surface area contributed by atoms with Gasteiger partial charge >= 0.3 is 5.97 Å². The zero-order valence-electron chi connectivity index (χ0n) is 12.9. The summed E-state index contributed by atoms with van der Waals surface area (Å²) in [5.74, 6) is -0.432. The number of nitrogens with two attached hydrogens (primary N) is 1. The van der Waals surface area contributed by atoms with Gasteiger partial charge in [0.25, 0.3) is 0 Å². The summed E-state index contributed by atoms with van der Waals surface area (Å²) in [5, 5.41) is 4.59. The average Bonchev–Trinajstić information content (AvgIpc) is 2.92. The fourth-order valence-corrected chi connectivity index (χ4v) is 2.30. The summed E-state index contributed by atoms with van der Waals surface area (Å²) in [6.45, 7) is 6.03. The number of hydrogen-bond acceptors (Lipinski definition) is 4. The van der Waals surface area contributed by atoms with Crippen LogP contribution in [0.3, 0.4) is 0 Å². The number of hydrogen-bond donors (Lipinski definition) is 1. The molecule has 2 N–H and O–H groups in total. The third kappa shape index (κ3) is 2.77. The molecule has 0 spiro atoms. The lowest BCUT2D eigenvalue weighted by atomic mass is 10.1. The number of aromatic nitrogens is 2. The van der Waals surface area contributed by atoms with Crippen LogP contribution in [0.2, 0.25) is 0 Å². The SMILES string of the molecule is CCc1cc(CC)n(-c2cc(C)c(N)c(C(=O)OC)c2)n1. The van der Waals surface area contributed by atoms with Gasteiger partial charge in [-0.15, -0.1) is 0 Å². The second kappa shape index (κ2) is 5.99. The van der Waals surface area contributed by atoms with Crippen molar-refractivity contribution in [1.82, 2.24) is 9.78 Å². The Bertz CT molecular complexity index is 674. The van der Waals surface area contributed by atoms with E-state index in [2.05, 4.69) is 25.0 Å². The molecular formula is C16H21N3O2. The first-order valence-electron chi connectivity index (χ1n) is 7.08. The highest BCUT2D eigenvalue weighted by molar-refractivity contribution is 5.96. The number of nitrogen functional groups attached to an aromatic ring is 1. The van der Waals surface area contributed by atoms with E-state index in [1.54, 1.807) is 6.07 Å². The Morgan fingerprint density at radius 2 is 2.00 bits per heavy atom. The van der Waals surface area contributed by atoms with Crippen LogP contribution in [0, 0.1) is 6.92 Å². The molecule has 0 saturated heterocycles. The van der Waals surface area contributed by atoms with Gasteiger partial charge in [0.15, 0.2) is 0 Å². The lowest BCUT2D eigenvalue weighted by molar-refractivity contribution is 0.0602. The van der Waals surface area contributed by atoms with Gasteiger partial charge in [-0.1, -0.05) is 13.8 Å². The summed E-state index contributed by atoms with van der Waals surface area (Å²) in [6, 6.07) is 5.76. The molecule has 0 fully saturated rings. The Kier molecular flexibility index (Phi) is 4.31. The molecule has 1 heterocycles. The van der Waals surface area contributed by atoms with Crippen molar-refractivity contribution in [2.75, 3.05) is 12.8 Å². The molecule has 21 heavy (non-hydrogen) atoms. The van der Waals surface area contributed by atoms with Gasteiger partial charge in [0, 0.05) is 11.4 Å². The van der Waals surface area contributed by atoms with Gasteiger partial charge in [-0.2, -0.15) is 5.10 Å². The fraction of sp³-hybridized carbons (Fsp3) is 0.375. The maximum absolute atomic E-state index is 11.9. The Morgan fingerprint density at radius 1 is 1.29 bits per heavy atom. The monoisotopic (exact) mass is 287 g/mol. The smallest absolute Gasteiger partial charge is 0.340 e. The Hall–Kier alpha value is -2.30. The van der Waals surface area contributed by atoms with Crippen molar-refractivity contribution in [2.45, 2.75) is 33.6 Å². The normalized spacial score (nSPS) is 10.7. The van der Waals surface area contributed by atoms with E-state index in [4.69, 9.17) is 10.5 Å². The number of ether oxygens (including phenoxy) is 1. The molecule has 1 aromatic carbocycles. The van der Waals surface area contributed by atoms with E-state index in [0.29, 0.717) is 11.3 Å². The van der Waals surface area contributed by atoms with Gasteiger partial charge in [-0.05, 0) is 43.5 Å². The van der Waals surface area contributed by atoms with Crippen LogP contribution >= 0.6 is 0 Å². The van der Waals surface area contributed by atoms with E-state index in [0.717, 1.165) is 35.5 Å². The van der Waals surface area contributed by atoms with Crippen molar-refractivity contribution in [3.05, 3.63) is 40.7 Å². The number of benzene rings is 1. The van der Waals surface area contributed by atoms with E-state index in [1.807, 2.05) is 17.7 Å². The number of carbonyl (C=O) groups is 1. The summed E-state index contributed by atoms with van der Waals surface area (Å²) in [7, 11) is 1.35. The third-order valence-electron chi connectivity index (χ3n) is 3.58. The highest BCUT2D eigenvalue weighted by Gasteiger charge is 2.16. The topological polar surface area (TPSA) is 70.1 Å². The first kappa shape index (κ1) is 15.1. The Balaban J connectivity index is 2.62. The maximum Gasteiger partial charge on any atom is 0.340 e. The van der Waals surface area contributed by atoms with Crippen molar-refractivity contribution < 1.29 is 9.53 Å². The van der Waals surface area contributed by atoms with Gasteiger partial charge in [-0.25, -0.2) is 9.48 Å². The van der Waals surface area contributed by atoms with E-state index in [9.17, 15) is 4.79 Å². The molecule has 0 amide bonds. The molecule has 0 atom stereocenters. The molecule has 112 valence electrons. The molecule has 5 heteroatoms. The molecular weight excluding hydrogens is 266 g/mol. The Labute approximate surface area is 124 Å². The van der Waals surface area contributed by atoms with Crippen LogP contribution in [0.25, 0.3) is 5.69 Å². The molecule has 0 aliphatic rings. The fourth-order valence-electron chi connectivity index (χ4n) is 2.30. The molecule has 0 radical (unpaired) electrons. The lowest BCUT2D eigenvalue weighted by Gasteiger charge is -2.12. The van der Waals surface area contributed by atoms with Gasteiger partial charge in [-0.3, -0.25) is 0 Å². The van der Waals surface area contributed by atoms with Gasteiger partial charge < -0.3 is 10.5 Å². The second-order valence-electron chi connectivity index (χ2n) is 4.96. The zero-order chi connectivity index (χ0) is 15.6. The average molecular weight is 287 g/mol. The minimum atomic E-state index is -0.432. The summed E-state index contributed by atoms with van der Waals surface area (Å²) >= 11 is 0. The molecule has 0 saturated carbocycles. The predicted octanol–water partition coefficient (Wildman–Crippen LogP) is 2.67. The van der Waals surface area contributed by atoms with E-state index >= 15 is 0 Å². The number of methoxy groups -OCH3 is 1. The predicted molar refractivity (Wildman–Crippen MR) is 82.8 cm³/mol. The molecule has 0 aliphatic heterocycles. The number of anilines is 1. The largest absolute Gasteiger partial charge is 0.465 e. The van der Waals surface area contributed by atoms with E-state index in [1.165, 1.54) is 7.11 Å². The second-order valence-corrected chi connectivity index (χ2v) is 4.96. The van der Waals surface area contributed by atoms with Crippen LogP contribution < -0.4 is 5.73 Å². The maximum atomic E-state index is 11.9. The van der Waals surface area contributed by atoms with Crippen LogP contribution in [0.15, 0.2) is 18.2 Å². The zero-order valence-corrected chi connectivity index (χ0v) is 12.9. The van der Waals surface area contributed by atoms with Crippen LogP contribution in [-0.2, 0) is 17.6 Å². The number of carbonyl (C=O) groups excluding carboxylic acids is 1. The quantitative estimate of drug-likeness (QED) is 0.693. The molecule has 1 aromatic heterocycles. The van der Waals surface area contributed by atoms with Gasteiger partial charge in [0.1, 0.15) is 0 Å². The number of esters is 1.